The molecule has 1 heterocycles. The molecule has 2 nitrogen and oxygen atoms in total. The van der Waals surface area contributed by atoms with E-state index in [0.29, 0.717) is 21.3 Å². The zero-order chi connectivity index (χ0) is 14.3. The van der Waals surface area contributed by atoms with E-state index < -0.39 is 0 Å². The molecule has 0 aliphatic rings. The summed E-state index contributed by atoms with van der Waals surface area (Å²) in [6, 6.07) is 11.1. The van der Waals surface area contributed by atoms with E-state index in [2.05, 4.69) is 43.5 Å². The largest absolute Gasteiger partial charge is 0.295 e. The summed E-state index contributed by atoms with van der Waals surface area (Å²) in [5, 5.41) is 0. The quantitative estimate of drug-likeness (QED) is 0.373. The Morgan fingerprint density at radius 2 is 1.95 bits per heavy atom. The molecule has 0 amide bonds. The van der Waals surface area contributed by atoms with Crippen LogP contribution in [0.3, 0.4) is 0 Å². The molecule has 0 aliphatic carbocycles. The van der Waals surface area contributed by atoms with Gasteiger partial charge in [-0.15, -0.1) is 11.6 Å². The van der Waals surface area contributed by atoms with Crippen LogP contribution in [0.2, 0.25) is 0 Å². The van der Waals surface area contributed by atoms with Crippen LogP contribution in [0.5, 0.6) is 0 Å². The molecule has 0 atom stereocenters. The molecule has 0 unspecified atom stereocenters. The van der Waals surface area contributed by atoms with E-state index in [9.17, 15) is 4.39 Å². The van der Waals surface area contributed by atoms with Gasteiger partial charge in [-0.05, 0) is 68.9 Å². The Morgan fingerprint density at radius 1 is 1.25 bits per heavy atom. The second-order valence-electron chi connectivity index (χ2n) is 4.23. The van der Waals surface area contributed by atoms with E-state index in [1.807, 2.05) is 28.8 Å². The van der Waals surface area contributed by atoms with E-state index in [1.165, 1.54) is 6.07 Å². The second kappa shape index (κ2) is 5.61. The number of nitrogens with zero attached hydrogens (tertiary/aromatic N) is 2. The van der Waals surface area contributed by atoms with E-state index >= 15 is 0 Å². The number of benzene rings is 2. The summed E-state index contributed by atoms with van der Waals surface area (Å²) < 4.78 is 17.2. The van der Waals surface area contributed by atoms with E-state index in [4.69, 9.17) is 11.6 Å². The first-order chi connectivity index (χ1) is 9.60. The van der Waals surface area contributed by atoms with Crippen molar-refractivity contribution >= 4 is 61.2 Å². The molecular weight excluding hydrogens is 457 g/mol. The Balaban J connectivity index is 2.32. The summed E-state index contributed by atoms with van der Waals surface area (Å²) in [6.07, 6.45) is 0. The lowest BCUT2D eigenvalue weighted by molar-refractivity contribution is 0.622. The van der Waals surface area contributed by atoms with Crippen LogP contribution in [0.15, 0.2) is 40.9 Å². The summed E-state index contributed by atoms with van der Waals surface area (Å²) in [5.74, 6) is 0.644. The number of hydrogen-bond acceptors (Lipinski definition) is 1. The van der Waals surface area contributed by atoms with Crippen LogP contribution < -0.4 is 0 Å². The van der Waals surface area contributed by atoms with Crippen molar-refractivity contribution in [3.63, 3.8) is 0 Å². The minimum absolute atomic E-state index is 0.264. The van der Waals surface area contributed by atoms with Gasteiger partial charge in [0.05, 0.1) is 21.4 Å². The van der Waals surface area contributed by atoms with Gasteiger partial charge in [0.15, 0.2) is 0 Å². The van der Waals surface area contributed by atoms with Gasteiger partial charge in [-0.2, -0.15) is 0 Å². The molecule has 1 aromatic heterocycles. The average molecular weight is 465 g/mol. The number of alkyl halides is 1. The lowest BCUT2D eigenvalue weighted by atomic mass is 10.2. The zero-order valence-electron chi connectivity index (χ0n) is 10.1. The van der Waals surface area contributed by atoms with Crippen molar-refractivity contribution in [3.8, 4) is 5.69 Å². The lowest BCUT2D eigenvalue weighted by Gasteiger charge is -2.08. The zero-order valence-corrected chi connectivity index (χ0v) is 14.6. The monoisotopic (exact) mass is 464 g/mol. The smallest absolute Gasteiger partial charge is 0.139 e. The highest BCUT2D eigenvalue weighted by molar-refractivity contribution is 14.1. The molecule has 0 radical (unpaired) electrons. The lowest BCUT2D eigenvalue weighted by Crippen LogP contribution is -1.99. The van der Waals surface area contributed by atoms with Gasteiger partial charge in [0.1, 0.15) is 11.6 Å². The van der Waals surface area contributed by atoms with Gasteiger partial charge in [-0.25, -0.2) is 9.37 Å². The summed E-state index contributed by atoms with van der Waals surface area (Å²) in [4.78, 5) is 4.46. The van der Waals surface area contributed by atoms with Gasteiger partial charge in [0, 0.05) is 15.3 Å². The fraction of sp³-hybridized carbons (Fsp3) is 0.0714. The van der Waals surface area contributed by atoms with E-state index in [-0.39, 0.29) is 11.7 Å². The van der Waals surface area contributed by atoms with Crippen LogP contribution >= 0.6 is 50.1 Å². The molecule has 20 heavy (non-hydrogen) atoms. The van der Waals surface area contributed by atoms with Crippen LogP contribution in [0.1, 0.15) is 5.82 Å². The first-order valence-electron chi connectivity index (χ1n) is 5.78. The third-order valence-corrected chi connectivity index (χ3v) is 4.54. The van der Waals surface area contributed by atoms with Gasteiger partial charge >= 0.3 is 0 Å². The van der Waals surface area contributed by atoms with Crippen LogP contribution in [0, 0.1) is 9.39 Å². The van der Waals surface area contributed by atoms with Gasteiger partial charge in [-0.3, -0.25) is 4.57 Å². The molecule has 3 aromatic rings. The topological polar surface area (TPSA) is 17.8 Å². The first kappa shape index (κ1) is 14.3. The van der Waals surface area contributed by atoms with Gasteiger partial charge < -0.3 is 0 Å². The standard InChI is InChI=1S/C14H8BrClFIN2/c15-10-5-12-13(6-11(10)17)20(14(7-16)19-12)9-3-1-8(18)2-4-9/h1-6H,7H2. The highest BCUT2D eigenvalue weighted by atomic mass is 127. The van der Waals surface area contributed by atoms with Gasteiger partial charge in [-0.1, -0.05) is 0 Å². The predicted octanol–water partition coefficient (Wildman–Crippen LogP) is 5.27. The number of imidazole rings is 1. The molecule has 0 spiro atoms. The molecular formula is C14H8BrClFIN2. The van der Waals surface area contributed by atoms with Crippen LogP contribution in [-0.2, 0) is 5.88 Å². The average Bonchev–Trinajstić information content (AvgIpc) is 2.78. The molecule has 0 bridgehead atoms. The van der Waals surface area contributed by atoms with Crippen molar-refractivity contribution in [2.45, 2.75) is 5.88 Å². The number of hydrogen-bond donors (Lipinski definition) is 0. The Morgan fingerprint density at radius 3 is 2.60 bits per heavy atom. The van der Waals surface area contributed by atoms with Crippen molar-refractivity contribution in [2.24, 2.45) is 0 Å². The Hall–Kier alpha value is -0.660. The van der Waals surface area contributed by atoms with Gasteiger partial charge in [0.25, 0.3) is 0 Å². The van der Waals surface area contributed by atoms with E-state index in [1.54, 1.807) is 6.07 Å². The molecule has 0 saturated heterocycles. The minimum Gasteiger partial charge on any atom is -0.295 e. The normalized spacial score (nSPS) is 11.2. The maximum Gasteiger partial charge on any atom is 0.139 e. The Bertz CT molecular complexity index is 786. The highest BCUT2D eigenvalue weighted by Crippen LogP contribution is 2.27. The van der Waals surface area contributed by atoms with Crippen molar-refractivity contribution in [3.05, 3.63) is 56.1 Å². The predicted molar refractivity (Wildman–Crippen MR) is 91.0 cm³/mol. The van der Waals surface area contributed by atoms with Crippen molar-refractivity contribution < 1.29 is 4.39 Å². The van der Waals surface area contributed by atoms with Crippen LogP contribution in [0.25, 0.3) is 16.7 Å². The Kier molecular flexibility index (Phi) is 4.01. The molecule has 102 valence electrons. The number of rotatable bonds is 2. The minimum atomic E-state index is -0.315. The molecule has 0 N–H and O–H groups in total. The fourth-order valence-corrected chi connectivity index (χ4v) is 2.96. The van der Waals surface area contributed by atoms with Crippen molar-refractivity contribution in [1.29, 1.82) is 0 Å². The third-order valence-electron chi connectivity index (χ3n) is 2.97. The Labute approximate surface area is 142 Å². The maximum absolute atomic E-state index is 13.8. The van der Waals surface area contributed by atoms with Gasteiger partial charge in [0.2, 0.25) is 0 Å². The van der Waals surface area contributed by atoms with Crippen molar-refractivity contribution in [1.82, 2.24) is 9.55 Å². The SMILES string of the molecule is Fc1cc2c(cc1Br)nc(CCl)n2-c1ccc(I)cc1. The first-order valence-corrected chi connectivity index (χ1v) is 8.19. The van der Waals surface area contributed by atoms with Crippen LogP contribution in [0.4, 0.5) is 4.39 Å². The second-order valence-corrected chi connectivity index (χ2v) is 6.60. The number of aromatic nitrogens is 2. The molecule has 6 heteroatoms. The third kappa shape index (κ3) is 2.46. The maximum atomic E-state index is 13.8. The molecule has 0 fully saturated rings. The molecule has 2 aromatic carbocycles. The summed E-state index contributed by atoms with van der Waals surface area (Å²) in [7, 11) is 0. The number of fused-ring (bicyclic) bond motifs is 1. The molecule has 3 rings (SSSR count). The highest BCUT2D eigenvalue weighted by Gasteiger charge is 2.14. The summed E-state index contributed by atoms with van der Waals surface area (Å²) in [6.45, 7) is 0. The number of halogens is 4. The van der Waals surface area contributed by atoms with Crippen LogP contribution in [-0.4, -0.2) is 9.55 Å². The van der Waals surface area contributed by atoms with Crippen molar-refractivity contribution in [2.75, 3.05) is 0 Å². The fourth-order valence-electron chi connectivity index (χ4n) is 2.09. The molecule has 0 aliphatic heterocycles. The summed E-state index contributed by atoms with van der Waals surface area (Å²) >= 11 is 11.4. The van der Waals surface area contributed by atoms with E-state index in [0.717, 1.165) is 9.26 Å². The summed E-state index contributed by atoms with van der Waals surface area (Å²) in [5.41, 5.74) is 2.35. The molecule has 0 saturated carbocycles.